The van der Waals surface area contributed by atoms with Crippen LogP contribution in [-0.4, -0.2) is 6.26 Å². The van der Waals surface area contributed by atoms with Gasteiger partial charge in [0, 0.05) is 11.1 Å². The monoisotopic (exact) mass is 181 g/mol. The van der Waals surface area contributed by atoms with Crippen LogP contribution in [0.2, 0.25) is 0 Å². The van der Waals surface area contributed by atoms with Gasteiger partial charge >= 0.3 is 0 Å². The molecule has 0 unspecified atom stereocenters. The zero-order valence-corrected chi connectivity index (χ0v) is 8.40. The molecular formula is C10H15NS. The molecule has 0 aliphatic rings. The van der Waals surface area contributed by atoms with E-state index in [9.17, 15) is 0 Å². The van der Waals surface area contributed by atoms with Gasteiger partial charge in [-0.25, -0.2) is 0 Å². The molecule has 0 rings (SSSR count). The van der Waals surface area contributed by atoms with Crippen LogP contribution in [0.15, 0.2) is 47.6 Å². The highest BCUT2D eigenvalue weighted by molar-refractivity contribution is 8.02. The zero-order chi connectivity index (χ0) is 9.40. The molecule has 0 aromatic carbocycles. The van der Waals surface area contributed by atoms with Crippen molar-refractivity contribution in [1.29, 1.82) is 0 Å². The molecule has 0 aliphatic carbocycles. The summed E-state index contributed by atoms with van der Waals surface area (Å²) in [7, 11) is 0. The molecule has 0 saturated heterocycles. The lowest BCUT2D eigenvalue weighted by Gasteiger charge is -2.00. The van der Waals surface area contributed by atoms with Crippen molar-refractivity contribution in [2.24, 2.45) is 5.73 Å². The Morgan fingerprint density at radius 3 is 2.50 bits per heavy atom. The van der Waals surface area contributed by atoms with Crippen molar-refractivity contribution in [2.45, 2.75) is 6.92 Å². The number of thioether (sulfide) groups is 1. The van der Waals surface area contributed by atoms with Gasteiger partial charge in [0.15, 0.2) is 0 Å². The lowest BCUT2D eigenvalue weighted by atomic mass is 10.2. The van der Waals surface area contributed by atoms with Crippen LogP contribution in [0, 0.1) is 0 Å². The first-order valence-corrected chi connectivity index (χ1v) is 4.93. The van der Waals surface area contributed by atoms with Gasteiger partial charge in [0.1, 0.15) is 0 Å². The van der Waals surface area contributed by atoms with E-state index < -0.39 is 0 Å². The Balaban J connectivity index is 4.21. The Morgan fingerprint density at radius 1 is 1.42 bits per heavy atom. The molecule has 12 heavy (non-hydrogen) atoms. The van der Waals surface area contributed by atoms with E-state index in [1.165, 1.54) is 0 Å². The molecule has 0 bridgehead atoms. The predicted molar refractivity (Wildman–Crippen MR) is 58.9 cm³/mol. The first-order chi connectivity index (χ1) is 5.76. The molecular weight excluding hydrogens is 166 g/mol. The molecule has 1 nitrogen and oxygen atoms in total. The van der Waals surface area contributed by atoms with Gasteiger partial charge < -0.3 is 5.73 Å². The molecule has 0 atom stereocenters. The average Bonchev–Trinajstić information content (AvgIpc) is 2.07. The Bertz CT molecular complexity index is 224. The molecule has 2 heteroatoms. The van der Waals surface area contributed by atoms with Crippen LogP contribution in [-0.2, 0) is 0 Å². The van der Waals surface area contributed by atoms with Crippen molar-refractivity contribution in [3.05, 3.63) is 47.6 Å². The summed E-state index contributed by atoms with van der Waals surface area (Å²) in [5.74, 6) is 0. The molecule has 0 aromatic rings. The molecule has 0 spiro atoms. The van der Waals surface area contributed by atoms with Crippen molar-refractivity contribution in [3.8, 4) is 0 Å². The summed E-state index contributed by atoms with van der Waals surface area (Å²) in [4.78, 5) is 1.01. The fourth-order valence-electron chi connectivity index (χ4n) is 0.671. The molecule has 0 radical (unpaired) electrons. The van der Waals surface area contributed by atoms with Gasteiger partial charge in [0.25, 0.3) is 0 Å². The van der Waals surface area contributed by atoms with E-state index in [0.717, 1.165) is 10.5 Å². The maximum Gasteiger partial charge on any atom is 0.0291 e. The van der Waals surface area contributed by atoms with E-state index in [1.807, 2.05) is 37.5 Å². The van der Waals surface area contributed by atoms with Crippen molar-refractivity contribution in [1.82, 2.24) is 0 Å². The van der Waals surface area contributed by atoms with Crippen LogP contribution in [0.3, 0.4) is 0 Å². The highest BCUT2D eigenvalue weighted by Gasteiger charge is 1.94. The van der Waals surface area contributed by atoms with Gasteiger partial charge in [-0.05, 0) is 18.8 Å². The first-order valence-electron chi connectivity index (χ1n) is 3.70. The van der Waals surface area contributed by atoms with Crippen LogP contribution in [0.25, 0.3) is 0 Å². The quantitative estimate of drug-likeness (QED) is 0.675. The molecule has 0 heterocycles. The number of nitrogens with two attached hydrogens (primary N) is 1. The molecule has 0 aliphatic heterocycles. The molecule has 0 aromatic heterocycles. The van der Waals surface area contributed by atoms with Gasteiger partial charge in [-0.2, -0.15) is 0 Å². The van der Waals surface area contributed by atoms with Gasteiger partial charge in [-0.15, -0.1) is 11.8 Å². The first kappa shape index (κ1) is 11.1. The van der Waals surface area contributed by atoms with E-state index >= 15 is 0 Å². The van der Waals surface area contributed by atoms with Crippen LogP contribution < -0.4 is 5.73 Å². The Hall–Kier alpha value is -0.890. The summed E-state index contributed by atoms with van der Waals surface area (Å²) in [5, 5.41) is 0. The summed E-state index contributed by atoms with van der Waals surface area (Å²) < 4.78 is 0. The molecule has 0 amide bonds. The zero-order valence-electron chi connectivity index (χ0n) is 7.58. The van der Waals surface area contributed by atoms with Crippen LogP contribution >= 0.6 is 11.8 Å². The van der Waals surface area contributed by atoms with E-state index in [0.29, 0.717) is 0 Å². The lowest BCUT2D eigenvalue weighted by molar-refractivity contribution is 1.54. The second-order valence-corrected chi connectivity index (χ2v) is 2.99. The molecule has 66 valence electrons. The largest absolute Gasteiger partial charge is 0.404 e. The maximum atomic E-state index is 5.39. The number of rotatable bonds is 4. The summed E-state index contributed by atoms with van der Waals surface area (Å²) in [6, 6.07) is 0. The number of hydrogen-bond donors (Lipinski definition) is 1. The minimum Gasteiger partial charge on any atom is -0.404 e. The third-order valence-electron chi connectivity index (χ3n) is 1.29. The Kier molecular flexibility index (Phi) is 6.29. The molecule has 0 saturated carbocycles. The Morgan fingerprint density at radius 2 is 2.08 bits per heavy atom. The van der Waals surface area contributed by atoms with Crippen molar-refractivity contribution in [3.63, 3.8) is 0 Å². The fourth-order valence-corrected chi connectivity index (χ4v) is 1.14. The van der Waals surface area contributed by atoms with E-state index in [-0.39, 0.29) is 0 Å². The Labute approximate surface area is 78.7 Å². The van der Waals surface area contributed by atoms with E-state index in [4.69, 9.17) is 5.73 Å². The van der Waals surface area contributed by atoms with Crippen LogP contribution in [0.1, 0.15) is 6.92 Å². The standard InChI is InChI=1S/C10H15NS/c1-4-5-6-7-9(2)10(8-11)12-3/h4-8H,2,11H2,1,3H3/b5-4-,7-6-,10-8-. The summed E-state index contributed by atoms with van der Waals surface area (Å²) in [6.07, 6.45) is 11.4. The topological polar surface area (TPSA) is 26.0 Å². The van der Waals surface area contributed by atoms with Gasteiger partial charge in [0.05, 0.1) is 0 Å². The average molecular weight is 181 g/mol. The molecule has 2 N–H and O–H groups in total. The lowest BCUT2D eigenvalue weighted by Crippen LogP contribution is -1.85. The summed E-state index contributed by atoms with van der Waals surface area (Å²) >= 11 is 1.60. The summed E-state index contributed by atoms with van der Waals surface area (Å²) in [5.41, 5.74) is 6.34. The van der Waals surface area contributed by atoms with E-state index in [2.05, 4.69) is 6.58 Å². The highest BCUT2D eigenvalue weighted by Crippen LogP contribution is 2.19. The third-order valence-corrected chi connectivity index (χ3v) is 2.13. The van der Waals surface area contributed by atoms with Crippen molar-refractivity contribution >= 4 is 11.8 Å². The van der Waals surface area contributed by atoms with Gasteiger partial charge in [-0.3, -0.25) is 0 Å². The number of hydrogen-bond acceptors (Lipinski definition) is 2. The normalized spacial score (nSPS) is 13.0. The molecule has 0 fully saturated rings. The minimum absolute atomic E-state index is 0.947. The van der Waals surface area contributed by atoms with Gasteiger partial charge in [0.2, 0.25) is 0 Å². The number of allylic oxidation sites excluding steroid dienone is 5. The highest BCUT2D eigenvalue weighted by atomic mass is 32.2. The van der Waals surface area contributed by atoms with Crippen LogP contribution in [0.5, 0.6) is 0 Å². The maximum absolute atomic E-state index is 5.39. The van der Waals surface area contributed by atoms with E-state index in [1.54, 1.807) is 18.0 Å². The third kappa shape index (κ3) is 4.09. The minimum atomic E-state index is 0.947. The van der Waals surface area contributed by atoms with Crippen LogP contribution in [0.4, 0.5) is 0 Å². The second-order valence-electron chi connectivity index (χ2n) is 2.15. The summed E-state index contributed by atoms with van der Waals surface area (Å²) in [6.45, 7) is 5.85. The van der Waals surface area contributed by atoms with Gasteiger partial charge in [-0.1, -0.05) is 30.9 Å². The second kappa shape index (κ2) is 6.80. The smallest absolute Gasteiger partial charge is 0.0291 e. The van der Waals surface area contributed by atoms with Crippen molar-refractivity contribution < 1.29 is 0 Å². The predicted octanol–water partition coefficient (Wildman–Crippen LogP) is 2.84. The fraction of sp³-hybridized carbons (Fsp3) is 0.200. The SMILES string of the molecule is C=C(/C=C\C=C/C)/C(=C/N)SC. The van der Waals surface area contributed by atoms with Crippen molar-refractivity contribution in [2.75, 3.05) is 6.26 Å².